The van der Waals surface area contributed by atoms with Gasteiger partial charge in [0.25, 0.3) is 0 Å². The second kappa shape index (κ2) is 5.57. The zero-order valence-electron chi connectivity index (χ0n) is 9.92. The van der Waals surface area contributed by atoms with Crippen molar-refractivity contribution in [1.82, 2.24) is 0 Å². The van der Waals surface area contributed by atoms with E-state index in [-0.39, 0.29) is 10.0 Å². The lowest BCUT2D eigenvalue weighted by molar-refractivity contribution is 0.218. The molecule has 0 spiro atoms. The SMILES string of the molecule is Cc1ccc(C(O)c2ccc(F)c(F)c2Br)cc1Cl. The Bertz CT molecular complexity index is 631. The average Bonchev–Trinajstić information content (AvgIpc) is 2.39. The molecule has 1 N–H and O–H groups in total. The number of rotatable bonds is 2. The van der Waals surface area contributed by atoms with Crippen LogP contribution in [0.25, 0.3) is 0 Å². The van der Waals surface area contributed by atoms with Crippen molar-refractivity contribution >= 4 is 27.5 Å². The zero-order chi connectivity index (χ0) is 14.2. The fourth-order valence-electron chi connectivity index (χ4n) is 1.71. The minimum atomic E-state index is -1.08. The van der Waals surface area contributed by atoms with E-state index >= 15 is 0 Å². The summed E-state index contributed by atoms with van der Waals surface area (Å²) in [6, 6.07) is 7.37. The number of benzene rings is 2. The molecule has 0 aromatic heterocycles. The van der Waals surface area contributed by atoms with Gasteiger partial charge in [-0.2, -0.15) is 0 Å². The van der Waals surface area contributed by atoms with E-state index in [0.29, 0.717) is 10.6 Å². The van der Waals surface area contributed by atoms with Gasteiger partial charge in [-0.05, 0) is 46.1 Å². The van der Waals surface area contributed by atoms with Gasteiger partial charge in [-0.25, -0.2) is 8.78 Å². The van der Waals surface area contributed by atoms with Gasteiger partial charge in [-0.3, -0.25) is 0 Å². The van der Waals surface area contributed by atoms with Crippen molar-refractivity contribution in [2.45, 2.75) is 13.0 Å². The Morgan fingerprint density at radius 3 is 2.53 bits per heavy atom. The van der Waals surface area contributed by atoms with Gasteiger partial charge in [0.05, 0.1) is 4.47 Å². The highest BCUT2D eigenvalue weighted by molar-refractivity contribution is 9.10. The largest absolute Gasteiger partial charge is 0.384 e. The first-order chi connectivity index (χ1) is 8.91. The summed E-state index contributed by atoms with van der Waals surface area (Å²) in [6.07, 6.45) is -1.08. The van der Waals surface area contributed by atoms with Crippen LogP contribution in [0.3, 0.4) is 0 Å². The van der Waals surface area contributed by atoms with Gasteiger partial charge in [0.1, 0.15) is 6.10 Å². The second-order valence-electron chi connectivity index (χ2n) is 4.18. The molecule has 1 atom stereocenters. The van der Waals surface area contributed by atoms with Crippen molar-refractivity contribution in [3.05, 3.63) is 68.2 Å². The van der Waals surface area contributed by atoms with E-state index in [1.165, 1.54) is 6.07 Å². The molecule has 0 amide bonds. The van der Waals surface area contributed by atoms with Gasteiger partial charge in [0, 0.05) is 10.6 Å². The molecule has 0 fully saturated rings. The summed E-state index contributed by atoms with van der Waals surface area (Å²) >= 11 is 8.94. The maximum atomic E-state index is 13.5. The molecular weight excluding hydrogens is 338 g/mol. The molecule has 1 unspecified atom stereocenters. The van der Waals surface area contributed by atoms with Crippen molar-refractivity contribution in [1.29, 1.82) is 0 Å². The first-order valence-electron chi connectivity index (χ1n) is 5.49. The predicted molar refractivity (Wildman–Crippen MR) is 74.3 cm³/mol. The number of hydrogen-bond acceptors (Lipinski definition) is 1. The molecule has 0 saturated heterocycles. The second-order valence-corrected chi connectivity index (χ2v) is 5.38. The topological polar surface area (TPSA) is 20.2 Å². The van der Waals surface area contributed by atoms with E-state index in [4.69, 9.17) is 11.6 Å². The van der Waals surface area contributed by atoms with Crippen molar-refractivity contribution in [2.24, 2.45) is 0 Å². The van der Waals surface area contributed by atoms with Gasteiger partial charge in [0.2, 0.25) is 0 Å². The third-order valence-electron chi connectivity index (χ3n) is 2.87. The Labute approximate surface area is 123 Å². The van der Waals surface area contributed by atoms with Crippen molar-refractivity contribution in [3.63, 3.8) is 0 Å². The van der Waals surface area contributed by atoms with E-state index in [9.17, 15) is 13.9 Å². The van der Waals surface area contributed by atoms with E-state index < -0.39 is 17.7 Å². The number of hydrogen-bond donors (Lipinski definition) is 1. The fourth-order valence-corrected chi connectivity index (χ4v) is 2.44. The standard InChI is InChI=1S/C14H10BrClF2O/c1-7-2-3-8(6-10(7)16)14(19)9-4-5-11(17)13(18)12(9)15/h2-6,14,19H,1H3. The lowest BCUT2D eigenvalue weighted by Crippen LogP contribution is -2.03. The highest BCUT2D eigenvalue weighted by Crippen LogP contribution is 2.32. The van der Waals surface area contributed by atoms with E-state index in [0.717, 1.165) is 11.6 Å². The number of halogens is 4. The molecular formula is C14H10BrClF2O. The molecule has 5 heteroatoms. The smallest absolute Gasteiger partial charge is 0.173 e. The molecule has 1 nitrogen and oxygen atoms in total. The molecule has 0 saturated carbocycles. The molecule has 2 aromatic rings. The molecule has 0 bridgehead atoms. The molecule has 2 rings (SSSR count). The summed E-state index contributed by atoms with van der Waals surface area (Å²) in [6.45, 7) is 1.84. The van der Waals surface area contributed by atoms with Gasteiger partial charge in [-0.15, -0.1) is 0 Å². The van der Waals surface area contributed by atoms with E-state index in [1.807, 2.05) is 6.92 Å². The van der Waals surface area contributed by atoms with Gasteiger partial charge >= 0.3 is 0 Å². The monoisotopic (exact) mass is 346 g/mol. The van der Waals surface area contributed by atoms with Gasteiger partial charge in [-0.1, -0.05) is 29.8 Å². The van der Waals surface area contributed by atoms with Crippen LogP contribution < -0.4 is 0 Å². The lowest BCUT2D eigenvalue weighted by atomic mass is 10.0. The first kappa shape index (κ1) is 14.4. The summed E-state index contributed by atoms with van der Waals surface area (Å²) < 4.78 is 26.4. The van der Waals surface area contributed by atoms with Gasteiger partial charge < -0.3 is 5.11 Å². The predicted octanol–water partition coefficient (Wildman–Crippen LogP) is 4.77. The number of aliphatic hydroxyl groups is 1. The fraction of sp³-hybridized carbons (Fsp3) is 0.143. The third-order valence-corrected chi connectivity index (χ3v) is 4.08. The first-order valence-corrected chi connectivity index (χ1v) is 6.66. The maximum absolute atomic E-state index is 13.5. The minimum Gasteiger partial charge on any atom is -0.384 e. The Kier molecular flexibility index (Phi) is 4.23. The van der Waals surface area contributed by atoms with E-state index in [2.05, 4.69) is 15.9 Å². The maximum Gasteiger partial charge on any atom is 0.173 e. The van der Waals surface area contributed by atoms with Crippen molar-refractivity contribution < 1.29 is 13.9 Å². The van der Waals surface area contributed by atoms with Crippen LogP contribution in [0.1, 0.15) is 22.8 Å². The summed E-state index contributed by atoms with van der Waals surface area (Å²) in [5, 5.41) is 10.7. The summed E-state index contributed by atoms with van der Waals surface area (Å²) in [5.74, 6) is -1.99. The van der Waals surface area contributed by atoms with Crippen LogP contribution in [0.4, 0.5) is 8.78 Å². The Hall–Kier alpha value is -0.970. The molecule has 0 aliphatic rings. The lowest BCUT2D eigenvalue weighted by Gasteiger charge is -2.15. The molecule has 100 valence electrons. The highest BCUT2D eigenvalue weighted by Gasteiger charge is 2.19. The van der Waals surface area contributed by atoms with Crippen LogP contribution in [0, 0.1) is 18.6 Å². The average molecular weight is 348 g/mol. The zero-order valence-corrected chi connectivity index (χ0v) is 12.3. The van der Waals surface area contributed by atoms with Crippen LogP contribution in [0.5, 0.6) is 0 Å². The molecule has 2 aromatic carbocycles. The molecule has 0 radical (unpaired) electrons. The van der Waals surface area contributed by atoms with Crippen LogP contribution in [0.2, 0.25) is 5.02 Å². The van der Waals surface area contributed by atoms with Crippen LogP contribution in [-0.4, -0.2) is 5.11 Å². The van der Waals surface area contributed by atoms with E-state index in [1.54, 1.807) is 18.2 Å². The Balaban J connectivity index is 2.47. The third kappa shape index (κ3) is 2.81. The summed E-state index contributed by atoms with van der Waals surface area (Å²) in [5.41, 5.74) is 1.64. The van der Waals surface area contributed by atoms with Crippen LogP contribution in [-0.2, 0) is 0 Å². The molecule has 0 aliphatic carbocycles. The Morgan fingerprint density at radius 2 is 1.89 bits per heavy atom. The number of aliphatic hydroxyl groups excluding tert-OH is 1. The molecule has 0 aliphatic heterocycles. The summed E-state index contributed by atoms with van der Waals surface area (Å²) in [4.78, 5) is 0. The number of aryl methyl sites for hydroxylation is 1. The van der Waals surface area contributed by atoms with Crippen LogP contribution >= 0.6 is 27.5 Å². The Morgan fingerprint density at radius 1 is 1.21 bits per heavy atom. The minimum absolute atomic E-state index is 0.0864. The molecule has 0 heterocycles. The van der Waals surface area contributed by atoms with Crippen LogP contribution in [0.15, 0.2) is 34.8 Å². The van der Waals surface area contributed by atoms with Gasteiger partial charge in [0.15, 0.2) is 11.6 Å². The normalized spacial score (nSPS) is 12.5. The highest BCUT2D eigenvalue weighted by atomic mass is 79.9. The summed E-state index contributed by atoms with van der Waals surface area (Å²) in [7, 11) is 0. The van der Waals surface area contributed by atoms with Crippen molar-refractivity contribution in [2.75, 3.05) is 0 Å². The van der Waals surface area contributed by atoms with Crippen molar-refractivity contribution in [3.8, 4) is 0 Å². The molecule has 19 heavy (non-hydrogen) atoms. The quantitative estimate of drug-likeness (QED) is 0.776.